The van der Waals surface area contributed by atoms with Crippen LogP contribution in [0, 0.1) is 5.82 Å². The maximum Gasteiger partial charge on any atom is 0.353 e. The molecule has 0 atom stereocenters. The van der Waals surface area contributed by atoms with Crippen molar-refractivity contribution in [1.82, 2.24) is 4.98 Å². The van der Waals surface area contributed by atoms with Crippen molar-refractivity contribution in [1.29, 1.82) is 0 Å². The van der Waals surface area contributed by atoms with Crippen LogP contribution in [0.2, 0.25) is 0 Å². The number of carboxylic acids is 1. The van der Waals surface area contributed by atoms with Crippen molar-refractivity contribution in [3.05, 3.63) is 58.3 Å². The summed E-state index contributed by atoms with van der Waals surface area (Å²) in [7, 11) is 0. The summed E-state index contributed by atoms with van der Waals surface area (Å²) in [4.78, 5) is 24.2. The lowest BCUT2D eigenvalue weighted by Gasteiger charge is -2.06. The Balaban J connectivity index is 2.72. The average Bonchev–Trinajstić information content (AvgIpc) is 2.30. The molecular formula is C12H8FNO3. The second-order valence-electron chi connectivity index (χ2n) is 3.40. The molecule has 0 fully saturated rings. The maximum atomic E-state index is 13.5. The van der Waals surface area contributed by atoms with Crippen LogP contribution in [0.25, 0.3) is 11.1 Å². The summed E-state index contributed by atoms with van der Waals surface area (Å²) in [6, 6.07) is 8.23. The van der Waals surface area contributed by atoms with Crippen LogP contribution in [-0.2, 0) is 0 Å². The zero-order valence-electron chi connectivity index (χ0n) is 8.61. The molecule has 4 nitrogen and oxygen atoms in total. The van der Waals surface area contributed by atoms with Crippen LogP contribution in [-0.4, -0.2) is 16.1 Å². The number of halogens is 1. The molecule has 0 aliphatic rings. The second-order valence-corrected chi connectivity index (χ2v) is 3.40. The number of carbonyl (C=O) groups is 1. The van der Waals surface area contributed by atoms with Crippen molar-refractivity contribution in [2.75, 3.05) is 0 Å². The highest BCUT2D eigenvalue weighted by Gasteiger charge is 2.15. The van der Waals surface area contributed by atoms with Crippen LogP contribution in [0.15, 0.2) is 41.2 Å². The van der Waals surface area contributed by atoms with Gasteiger partial charge < -0.3 is 10.1 Å². The van der Waals surface area contributed by atoms with Crippen molar-refractivity contribution in [2.45, 2.75) is 0 Å². The number of aromatic nitrogens is 1. The third kappa shape index (κ3) is 2.08. The first-order valence-electron chi connectivity index (χ1n) is 4.81. The van der Waals surface area contributed by atoms with Gasteiger partial charge in [-0.3, -0.25) is 4.79 Å². The fourth-order valence-electron chi connectivity index (χ4n) is 1.55. The third-order valence-corrected chi connectivity index (χ3v) is 2.30. The predicted molar refractivity (Wildman–Crippen MR) is 59.4 cm³/mol. The van der Waals surface area contributed by atoms with E-state index in [2.05, 4.69) is 4.98 Å². The first kappa shape index (κ1) is 11.1. The van der Waals surface area contributed by atoms with Crippen LogP contribution < -0.4 is 5.56 Å². The van der Waals surface area contributed by atoms with E-state index in [0.717, 1.165) is 6.07 Å². The van der Waals surface area contributed by atoms with Gasteiger partial charge in [0.2, 0.25) is 5.56 Å². The third-order valence-electron chi connectivity index (χ3n) is 2.30. The van der Waals surface area contributed by atoms with Gasteiger partial charge >= 0.3 is 5.97 Å². The number of hydrogen-bond acceptors (Lipinski definition) is 2. The minimum Gasteiger partial charge on any atom is -0.477 e. The van der Waals surface area contributed by atoms with Gasteiger partial charge in [0, 0.05) is 17.2 Å². The number of carboxylic acid groups (broad SMARTS) is 1. The van der Waals surface area contributed by atoms with E-state index in [1.54, 1.807) is 6.07 Å². The van der Waals surface area contributed by atoms with Gasteiger partial charge in [0.05, 0.1) is 0 Å². The molecule has 0 aliphatic heterocycles. The number of rotatable bonds is 2. The Morgan fingerprint density at radius 1 is 1.12 bits per heavy atom. The number of aromatic amines is 1. The van der Waals surface area contributed by atoms with E-state index in [1.165, 1.54) is 24.3 Å². The molecule has 2 rings (SSSR count). The molecule has 0 saturated heterocycles. The van der Waals surface area contributed by atoms with E-state index < -0.39 is 17.3 Å². The zero-order chi connectivity index (χ0) is 12.4. The van der Waals surface area contributed by atoms with Crippen LogP contribution in [0.3, 0.4) is 0 Å². The number of benzene rings is 1. The Bertz CT molecular complexity index is 634. The van der Waals surface area contributed by atoms with Crippen molar-refractivity contribution >= 4 is 5.97 Å². The van der Waals surface area contributed by atoms with E-state index in [-0.39, 0.29) is 16.8 Å². The fourth-order valence-corrected chi connectivity index (χ4v) is 1.55. The monoisotopic (exact) mass is 233 g/mol. The molecule has 1 aromatic heterocycles. The topological polar surface area (TPSA) is 70.2 Å². The first-order chi connectivity index (χ1) is 8.09. The lowest BCUT2D eigenvalue weighted by molar-refractivity contribution is 0.0691. The fraction of sp³-hybridized carbons (Fsp3) is 0. The molecule has 17 heavy (non-hydrogen) atoms. The van der Waals surface area contributed by atoms with Gasteiger partial charge in [-0.2, -0.15) is 0 Å². The van der Waals surface area contributed by atoms with Crippen LogP contribution in [0.4, 0.5) is 4.39 Å². The molecule has 0 unspecified atom stereocenters. The summed E-state index contributed by atoms with van der Waals surface area (Å²) in [5.41, 5.74) is -0.568. The molecule has 0 radical (unpaired) electrons. The van der Waals surface area contributed by atoms with Crippen molar-refractivity contribution in [3.8, 4) is 11.1 Å². The smallest absolute Gasteiger partial charge is 0.353 e. The average molecular weight is 233 g/mol. The number of nitrogens with one attached hydrogen (secondary N) is 1. The SMILES string of the molecule is O=C(O)c1[nH]c(=O)ccc1-c1ccccc1F. The molecule has 0 amide bonds. The summed E-state index contributed by atoms with van der Waals surface area (Å²) >= 11 is 0. The van der Waals surface area contributed by atoms with Crippen molar-refractivity contribution in [2.24, 2.45) is 0 Å². The Hall–Kier alpha value is -2.43. The van der Waals surface area contributed by atoms with E-state index in [9.17, 15) is 14.0 Å². The number of hydrogen-bond donors (Lipinski definition) is 2. The highest BCUT2D eigenvalue weighted by molar-refractivity contribution is 5.93. The van der Waals surface area contributed by atoms with E-state index in [4.69, 9.17) is 5.11 Å². The second kappa shape index (κ2) is 4.21. The summed E-state index contributed by atoms with van der Waals surface area (Å²) in [5.74, 6) is -1.84. The first-order valence-corrected chi connectivity index (χ1v) is 4.81. The summed E-state index contributed by atoms with van der Waals surface area (Å²) in [6.45, 7) is 0. The van der Waals surface area contributed by atoms with Gasteiger partial charge in [0.15, 0.2) is 0 Å². The van der Waals surface area contributed by atoms with E-state index in [1.807, 2.05) is 0 Å². The largest absolute Gasteiger partial charge is 0.477 e. The maximum absolute atomic E-state index is 13.5. The van der Waals surface area contributed by atoms with Gasteiger partial charge in [0.1, 0.15) is 11.5 Å². The standard InChI is InChI=1S/C12H8FNO3/c13-9-4-2-1-3-7(9)8-5-6-10(15)14-11(8)12(16)17/h1-6H,(H,14,15)(H,16,17). The molecule has 2 aromatic rings. The molecular weight excluding hydrogens is 225 g/mol. The zero-order valence-corrected chi connectivity index (χ0v) is 8.61. The Morgan fingerprint density at radius 2 is 1.82 bits per heavy atom. The van der Waals surface area contributed by atoms with Gasteiger partial charge in [-0.15, -0.1) is 0 Å². The predicted octanol–water partition coefficient (Wildman–Crippen LogP) is 1.88. The van der Waals surface area contributed by atoms with Gasteiger partial charge in [-0.05, 0) is 12.1 Å². The molecule has 1 aromatic carbocycles. The van der Waals surface area contributed by atoms with Crippen molar-refractivity contribution < 1.29 is 14.3 Å². The molecule has 0 spiro atoms. The lowest BCUT2D eigenvalue weighted by Crippen LogP contribution is -2.13. The number of H-pyrrole nitrogens is 1. The highest BCUT2D eigenvalue weighted by atomic mass is 19.1. The quantitative estimate of drug-likeness (QED) is 0.831. The minimum atomic E-state index is -1.30. The molecule has 1 heterocycles. The van der Waals surface area contributed by atoms with Crippen molar-refractivity contribution in [3.63, 3.8) is 0 Å². The molecule has 86 valence electrons. The summed E-state index contributed by atoms with van der Waals surface area (Å²) in [6.07, 6.45) is 0. The molecule has 5 heteroatoms. The van der Waals surface area contributed by atoms with Crippen LogP contribution in [0.5, 0.6) is 0 Å². The van der Waals surface area contributed by atoms with Gasteiger partial charge in [0.25, 0.3) is 0 Å². The Kier molecular flexibility index (Phi) is 2.74. The van der Waals surface area contributed by atoms with Gasteiger partial charge in [-0.1, -0.05) is 18.2 Å². The number of pyridine rings is 1. The number of aromatic carboxylic acids is 1. The normalized spacial score (nSPS) is 10.2. The minimum absolute atomic E-state index is 0.140. The van der Waals surface area contributed by atoms with E-state index >= 15 is 0 Å². The van der Waals surface area contributed by atoms with Gasteiger partial charge in [-0.25, -0.2) is 9.18 Å². The lowest BCUT2D eigenvalue weighted by atomic mass is 10.0. The molecule has 0 bridgehead atoms. The Labute approximate surface area is 95.4 Å². The van der Waals surface area contributed by atoms with Crippen LogP contribution >= 0.6 is 0 Å². The molecule has 0 saturated carbocycles. The highest BCUT2D eigenvalue weighted by Crippen LogP contribution is 2.24. The summed E-state index contributed by atoms with van der Waals surface area (Å²) in [5, 5.41) is 8.95. The van der Waals surface area contributed by atoms with Crippen LogP contribution in [0.1, 0.15) is 10.5 Å². The Morgan fingerprint density at radius 3 is 2.47 bits per heavy atom. The van der Waals surface area contributed by atoms with E-state index in [0.29, 0.717) is 0 Å². The molecule has 0 aliphatic carbocycles. The molecule has 2 N–H and O–H groups in total. The summed E-state index contributed by atoms with van der Waals surface area (Å²) < 4.78 is 13.5.